The van der Waals surface area contributed by atoms with E-state index in [1.807, 2.05) is 37.3 Å². The highest BCUT2D eigenvalue weighted by Gasteiger charge is 2.02. The van der Waals surface area contributed by atoms with Crippen molar-refractivity contribution in [2.75, 3.05) is 6.61 Å². The lowest BCUT2D eigenvalue weighted by atomic mass is 10.1. The van der Waals surface area contributed by atoms with Crippen LogP contribution in [-0.2, 0) is 6.42 Å². The molecule has 0 saturated carbocycles. The Labute approximate surface area is 112 Å². The first-order valence-electron chi connectivity index (χ1n) is 6.28. The molecule has 19 heavy (non-hydrogen) atoms. The maximum Gasteiger partial charge on any atom is 0.219 e. The minimum atomic E-state index is -0.0284. The fraction of sp³-hybridized carbons (Fsp3) is 0.267. The average molecular weight is 258 g/mol. The summed E-state index contributed by atoms with van der Waals surface area (Å²) < 4.78 is 5.63. The van der Waals surface area contributed by atoms with Crippen molar-refractivity contribution in [3.05, 3.63) is 53.7 Å². The molecular formula is C15H18N2O2. The van der Waals surface area contributed by atoms with E-state index in [0.717, 1.165) is 16.9 Å². The summed E-state index contributed by atoms with van der Waals surface area (Å²) in [6.07, 6.45) is 2.38. The number of hydrogen-bond acceptors (Lipinski definition) is 4. The van der Waals surface area contributed by atoms with Crippen molar-refractivity contribution in [2.45, 2.75) is 19.4 Å². The predicted molar refractivity (Wildman–Crippen MR) is 74.1 cm³/mol. The molecule has 0 amide bonds. The molecule has 0 fully saturated rings. The number of aliphatic hydroxyl groups is 1. The summed E-state index contributed by atoms with van der Waals surface area (Å²) in [5.41, 5.74) is 7.82. The smallest absolute Gasteiger partial charge is 0.219 e. The monoisotopic (exact) mass is 258 g/mol. The number of rotatable bonds is 5. The first-order chi connectivity index (χ1) is 9.19. The summed E-state index contributed by atoms with van der Waals surface area (Å²) in [4.78, 5) is 4.21. The normalized spacial score (nSPS) is 12.2. The first-order valence-corrected chi connectivity index (χ1v) is 6.28. The van der Waals surface area contributed by atoms with Gasteiger partial charge in [-0.3, -0.25) is 0 Å². The van der Waals surface area contributed by atoms with Crippen molar-refractivity contribution in [1.29, 1.82) is 0 Å². The van der Waals surface area contributed by atoms with E-state index in [1.165, 1.54) is 0 Å². The minimum absolute atomic E-state index is 0.0284. The van der Waals surface area contributed by atoms with Crippen LogP contribution in [-0.4, -0.2) is 16.7 Å². The maximum absolute atomic E-state index is 8.84. The molecule has 2 aromatic rings. The van der Waals surface area contributed by atoms with Crippen molar-refractivity contribution in [3.8, 4) is 11.6 Å². The fourth-order valence-electron chi connectivity index (χ4n) is 1.70. The predicted octanol–water partition coefficient (Wildman–Crippen LogP) is 2.43. The number of benzene rings is 1. The molecule has 1 unspecified atom stereocenters. The maximum atomic E-state index is 8.84. The summed E-state index contributed by atoms with van der Waals surface area (Å²) in [7, 11) is 0. The molecule has 0 spiro atoms. The first kappa shape index (κ1) is 13.5. The van der Waals surface area contributed by atoms with E-state index in [1.54, 1.807) is 12.3 Å². The lowest BCUT2D eigenvalue weighted by Gasteiger charge is -2.08. The van der Waals surface area contributed by atoms with Crippen molar-refractivity contribution in [3.63, 3.8) is 0 Å². The Kier molecular flexibility index (Phi) is 4.49. The number of nitrogens with two attached hydrogens (primary N) is 1. The number of aromatic nitrogens is 1. The summed E-state index contributed by atoms with van der Waals surface area (Å²) in [6.45, 7) is 2.07. The Balaban J connectivity index is 2.04. The molecule has 4 heteroatoms. The van der Waals surface area contributed by atoms with Gasteiger partial charge in [-0.2, -0.15) is 0 Å². The highest BCUT2D eigenvalue weighted by Crippen LogP contribution is 2.21. The van der Waals surface area contributed by atoms with Crippen LogP contribution >= 0.6 is 0 Å². The van der Waals surface area contributed by atoms with E-state index >= 15 is 0 Å². The zero-order valence-corrected chi connectivity index (χ0v) is 10.9. The summed E-state index contributed by atoms with van der Waals surface area (Å²) in [5.74, 6) is 1.27. The van der Waals surface area contributed by atoms with Crippen LogP contribution in [0.3, 0.4) is 0 Å². The van der Waals surface area contributed by atoms with E-state index in [0.29, 0.717) is 12.3 Å². The molecule has 2 rings (SSSR count). The van der Waals surface area contributed by atoms with Crippen LogP contribution in [0.2, 0.25) is 0 Å². The van der Waals surface area contributed by atoms with E-state index in [9.17, 15) is 0 Å². The summed E-state index contributed by atoms with van der Waals surface area (Å²) in [5, 5.41) is 8.84. The second kappa shape index (κ2) is 6.31. The summed E-state index contributed by atoms with van der Waals surface area (Å²) in [6, 6.07) is 11.3. The molecule has 0 bridgehead atoms. The highest BCUT2D eigenvalue weighted by atomic mass is 16.5. The molecular weight excluding hydrogens is 240 g/mol. The second-order valence-electron chi connectivity index (χ2n) is 4.44. The van der Waals surface area contributed by atoms with Gasteiger partial charge in [-0.15, -0.1) is 0 Å². The average Bonchev–Trinajstić information content (AvgIpc) is 2.42. The number of ether oxygens (including phenoxy) is 1. The molecule has 3 N–H and O–H groups in total. The van der Waals surface area contributed by atoms with Crippen LogP contribution in [0.15, 0.2) is 42.6 Å². The van der Waals surface area contributed by atoms with Gasteiger partial charge >= 0.3 is 0 Å². The Morgan fingerprint density at radius 3 is 2.47 bits per heavy atom. The Morgan fingerprint density at radius 1 is 1.21 bits per heavy atom. The van der Waals surface area contributed by atoms with Crippen LogP contribution in [0.1, 0.15) is 24.1 Å². The Bertz CT molecular complexity index is 507. The molecule has 1 atom stereocenters. The Hall–Kier alpha value is -1.91. The SMILES string of the molecule is CC(N)c1ccc(Oc2ccc(CCO)cc2)nc1. The van der Waals surface area contributed by atoms with Crippen molar-refractivity contribution in [1.82, 2.24) is 4.98 Å². The fourth-order valence-corrected chi connectivity index (χ4v) is 1.70. The molecule has 0 aliphatic heterocycles. The number of aliphatic hydroxyl groups excluding tert-OH is 1. The Morgan fingerprint density at radius 2 is 1.95 bits per heavy atom. The standard InChI is InChI=1S/C15H18N2O2/c1-11(16)13-4-7-15(17-10-13)19-14-5-2-12(3-6-14)8-9-18/h2-7,10-11,18H,8-9,16H2,1H3. The third-order valence-electron chi connectivity index (χ3n) is 2.83. The van der Waals surface area contributed by atoms with Gasteiger partial charge in [0, 0.05) is 24.9 Å². The molecule has 1 aromatic heterocycles. The van der Waals surface area contributed by atoms with E-state index < -0.39 is 0 Å². The lowest BCUT2D eigenvalue weighted by Crippen LogP contribution is -2.05. The van der Waals surface area contributed by atoms with Crippen LogP contribution in [0, 0.1) is 0 Å². The van der Waals surface area contributed by atoms with Gasteiger partial charge in [-0.25, -0.2) is 4.98 Å². The van der Waals surface area contributed by atoms with Gasteiger partial charge < -0.3 is 15.6 Å². The van der Waals surface area contributed by atoms with Gasteiger partial charge in [0.2, 0.25) is 5.88 Å². The minimum Gasteiger partial charge on any atom is -0.439 e. The molecule has 1 heterocycles. The van der Waals surface area contributed by atoms with E-state index in [4.69, 9.17) is 15.6 Å². The van der Waals surface area contributed by atoms with Crippen molar-refractivity contribution in [2.24, 2.45) is 5.73 Å². The zero-order chi connectivity index (χ0) is 13.7. The third-order valence-corrected chi connectivity index (χ3v) is 2.83. The van der Waals surface area contributed by atoms with Gasteiger partial charge in [-0.1, -0.05) is 18.2 Å². The zero-order valence-electron chi connectivity index (χ0n) is 10.9. The highest BCUT2D eigenvalue weighted by molar-refractivity contribution is 5.31. The van der Waals surface area contributed by atoms with Gasteiger partial charge in [0.25, 0.3) is 0 Å². The quantitative estimate of drug-likeness (QED) is 0.864. The van der Waals surface area contributed by atoms with Crippen LogP contribution in [0.5, 0.6) is 11.6 Å². The second-order valence-corrected chi connectivity index (χ2v) is 4.44. The molecule has 1 aromatic carbocycles. The molecule has 0 aliphatic carbocycles. The van der Waals surface area contributed by atoms with Crippen LogP contribution in [0.25, 0.3) is 0 Å². The topological polar surface area (TPSA) is 68.4 Å². The molecule has 0 aliphatic rings. The van der Waals surface area contributed by atoms with Gasteiger partial charge in [-0.05, 0) is 36.6 Å². The lowest BCUT2D eigenvalue weighted by molar-refractivity contribution is 0.299. The third kappa shape index (κ3) is 3.77. The molecule has 0 saturated heterocycles. The summed E-state index contributed by atoms with van der Waals surface area (Å²) >= 11 is 0. The molecule has 4 nitrogen and oxygen atoms in total. The number of pyridine rings is 1. The van der Waals surface area contributed by atoms with Gasteiger partial charge in [0.05, 0.1) is 0 Å². The van der Waals surface area contributed by atoms with E-state index in [-0.39, 0.29) is 12.6 Å². The van der Waals surface area contributed by atoms with Gasteiger partial charge in [0.15, 0.2) is 0 Å². The largest absolute Gasteiger partial charge is 0.439 e. The number of nitrogens with zero attached hydrogens (tertiary/aromatic N) is 1. The van der Waals surface area contributed by atoms with Crippen LogP contribution in [0.4, 0.5) is 0 Å². The molecule has 100 valence electrons. The van der Waals surface area contributed by atoms with Crippen molar-refractivity contribution < 1.29 is 9.84 Å². The number of hydrogen-bond donors (Lipinski definition) is 2. The van der Waals surface area contributed by atoms with Crippen LogP contribution < -0.4 is 10.5 Å². The molecule has 0 radical (unpaired) electrons. The van der Waals surface area contributed by atoms with Gasteiger partial charge in [0.1, 0.15) is 5.75 Å². The van der Waals surface area contributed by atoms with E-state index in [2.05, 4.69) is 4.98 Å². The van der Waals surface area contributed by atoms with Crippen molar-refractivity contribution >= 4 is 0 Å².